The molecule has 1 amide bonds. The molecule has 150 valence electrons. The van der Waals surface area contributed by atoms with Crippen LogP contribution in [0.25, 0.3) is 0 Å². The van der Waals surface area contributed by atoms with Gasteiger partial charge >= 0.3 is 0 Å². The Morgan fingerprint density at radius 3 is 2.36 bits per heavy atom. The van der Waals surface area contributed by atoms with Gasteiger partial charge in [0.05, 0.1) is 32.2 Å². The van der Waals surface area contributed by atoms with Gasteiger partial charge in [-0.05, 0) is 43.2 Å². The monoisotopic (exact) mass is 382 g/mol. The highest BCUT2D eigenvalue weighted by Gasteiger charge is 2.30. The van der Waals surface area contributed by atoms with Gasteiger partial charge in [-0.25, -0.2) is 0 Å². The Bertz CT molecular complexity index is 740. The van der Waals surface area contributed by atoms with Crippen molar-refractivity contribution in [2.45, 2.75) is 38.8 Å². The fraction of sp³-hybridized carbons (Fsp3) is 0.435. The summed E-state index contributed by atoms with van der Waals surface area (Å²) in [7, 11) is 0. The van der Waals surface area contributed by atoms with Crippen LogP contribution in [-0.2, 0) is 4.79 Å². The molecule has 3 N–H and O–H groups in total. The van der Waals surface area contributed by atoms with Gasteiger partial charge in [0.1, 0.15) is 5.75 Å². The SMILES string of the molecule is CCC[C@@H](NC(=O)[C@H](C)[NH+]1CCN(c2ccc(O)cc2)CC1)c1ccccc1. The van der Waals surface area contributed by atoms with Gasteiger partial charge in [0.15, 0.2) is 6.04 Å². The predicted molar refractivity (Wildman–Crippen MR) is 113 cm³/mol. The minimum Gasteiger partial charge on any atom is -0.508 e. The number of hydrogen-bond donors (Lipinski definition) is 3. The minimum absolute atomic E-state index is 0.0648. The van der Waals surface area contributed by atoms with Crippen molar-refractivity contribution in [2.24, 2.45) is 0 Å². The highest BCUT2D eigenvalue weighted by Crippen LogP contribution is 2.19. The number of quaternary nitrogens is 1. The lowest BCUT2D eigenvalue weighted by Crippen LogP contribution is -3.19. The second-order valence-electron chi connectivity index (χ2n) is 7.64. The number of piperazine rings is 1. The fourth-order valence-electron chi connectivity index (χ4n) is 3.93. The lowest BCUT2D eigenvalue weighted by molar-refractivity contribution is -0.914. The summed E-state index contributed by atoms with van der Waals surface area (Å²) in [5, 5.41) is 12.7. The van der Waals surface area contributed by atoms with E-state index in [1.165, 1.54) is 10.5 Å². The van der Waals surface area contributed by atoms with Gasteiger partial charge in [-0.15, -0.1) is 0 Å². The van der Waals surface area contributed by atoms with Crippen molar-refractivity contribution in [3.63, 3.8) is 0 Å². The molecule has 28 heavy (non-hydrogen) atoms. The lowest BCUT2D eigenvalue weighted by Gasteiger charge is -2.36. The number of phenolic OH excluding ortho intramolecular Hbond substituents is 1. The summed E-state index contributed by atoms with van der Waals surface area (Å²) in [6.07, 6.45) is 1.98. The second kappa shape index (κ2) is 9.60. The van der Waals surface area contributed by atoms with Crippen LogP contribution in [0.3, 0.4) is 0 Å². The highest BCUT2D eigenvalue weighted by atomic mass is 16.3. The molecule has 5 heteroatoms. The van der Waals surface area contributed by atoms with E-state index in [9.17, 15) is 9.90 Å². The zero-order chi connectivity index (χ0) is 19.9. The van der Waals surface area contributed by atoms with Crippen molar-refractivity contribution in [2.75, 3.05) is 31.1 Å². The van der Waals surface area contributed by atoms with E-state index in [0.29, 0.717) is 5.75 Å². The molecule has 3 rings (SSSR count). The van der Waals surface area contributed by atoms with E-state index in [1.54, 1.807) is 12.1 Å². The van der Waals surface area contributed by atoms with E-state index < -0.39 is 0 Å². The van der Waals surface area contributed by atoms with Crippen LogP contribution in [0.4, 0.5) is 5.69 Å². The zero-order valence-electron chi connectivity index (χ0n) is 16.9. The average molecular weight is 383 g/mol. The zero-order valence-corrected chi connectivity index (χ0v) is 16.9. The van der Waals surface area contributed by atoms with E-state index in [1.807, 2.05) is 37.3 Å². The topological polar surface area (TPSA) is 57.0 Å². The van der Waals surface area contributed by atoms with Crippen LogP contribution in [0.5, 0.6) is 5.75 Å². The summed E-state index contributed by atoms with van der Waals surface area (Å²) in [6, 6.07) is 17.6. The molecule has 0 spiro atoms. The molecule has 0 bridgehead atoms. The first kappa shape index (κ1) is 20.2. The number of carbonyl (C=O) groups excluding carboxylic acids is 1. The Hall–Kier alpha value is -2.53. The Balaban J connectivity index is 1.55. The van der Waals surface area contributed by atoms with E-state index in [-0.39, 0.29) is 18.0 Å². The molecular weight excluding hydrogens is 350 g/mol. The lowest BCUT2D eigenvalue weighted by atomic mass is 10.0. The van der Waals surface area contributed by atoms with Crippen LogP contribution >= 0.6 is 0 Å². The average Bonchev–Trinajstić information content (AvgIpc) is 2.74. The van der Waals surface area contributed by atoms with Gasteiger partial charge < -0.3 is 20.2 Å². The molecule has 0 aromatic heterocycles. The smallest absolute Gasteiger partial charge is 0.278 e. The molecule has 1 heterocycles. The Morgan fingerprint density at radius 1 is 1.11 bits per heavy atom. The van der Waals surface area contributed by atoms with Crippen molar-refractivity contribution in [1.82, 2.24) is 5.32 Å². The summed E-state index contributed by atoms with van der Waals surface area (Å²) >= 11 is 0. The van der Waals surface area contributed by atoms with Crippen LogP contribution in [0.1, 0.15) is 38.3 Å². The number of amides is 1. The number of rotatable bonds is 7. The molecular formula is C23H32N3O2+. The summed E-state index contributed by atoms with van der Waals surface area (Å²) in [5.74, 6) is 0.425. The van der Waals surface area contributed by atoms with Gasteiger partial charge in [0.25, 0.3) is 5.91 Å². The Labute approximate surface area is 168 Å². The van der Waals surface area contributed by atoms with Gasteiger partial charge in [0, 0.05) is 5.69 Å². The first-order valence-electron chi connectivity index (χ1n) is 10.3. The molecule has 1 aliphatic rings. The number of nitrogens with zero attached hydrogens (tertiary/aromatic N) is 1. The third kappa shape index (κ3) is 5.04. The van der Waals surface area contributed by atoms with Crippen molar-refractivity contribution in [3.05, 3.63) is 60.2 Å². The summed E-state index contributed by atoms with van der Waals surface area (Å²) < 4.78 is 0. The number of hydrogen-bond acceptors (Lipinski definition) is 3. The van der Waals surface area contributed by atoms with Crippen LogP contribution in [0.2, 0.25) is 0 Å². The largest absolute Gasteiger partial charge is 0.508 e. The molecule has 2 atom stereocenters. The molecule has 0 unspecified atom stereocenters. The van der Waals surface area contributed by atoms with Gasteiger partial charge in [-0.3, -0.25) is 4.79 Å². The van der Waals surface area contributed by atoms with Crippen LogP contribution in [0.15, 0.2) is 54.6 Å². The third-order valence-electron chi connectivity index (χ3n) is 5.72. The number of aromatic hydroxyl groups is 1. The second-order valence-corrected chi connectivity index (χ2v) is 7.64. The standard InChI is InChI=1S/C23H31N3O2/c1-3-7-22(19-8-5-4-6-9-19)24-23(28)18(2)25-14-16-26(17-15-25)20-10-12-21(27)13-11-20/h4-6,8-13,18,22,27H,3,7,14-17H2,1-2H3,(H,24,28)/p+1/t18-,22+/m0/s1. The maximum absolute atomic E-state index is 12.9. The number of benzene rings is 2. The Kier molecular flexibility index (Phi) is 6.93. The highest BCUT2D eigenvalue weighted by molar-refractivity contribution is 5.80. The first-order valence-corrected chi connectivity index (χ1v) is 10.3. The molecule has 5 nitrogen and oxygen atoms in total. The minimum atomic E-state index is -0.0648. The molecule has 2 aromatic carbocycles. The molecule has 1 saturated heterocycles. The molecule has 0 radical (unpaired) electrons. The maximum atomic E-state index is 12.9. The predicted octanol–water partition coefficient (Wildman–Crippen LogP) is 2.14. The van der Waals surface area contributed by atoms with E-state index in [4.69, 9.17) is 0 Å². The fourth-order valence-corrected chi connectivity index (χ4v) is 3.93. The summed E-state index contributed by atoms with van der Waals surface area (Å²) in [4.78, 5) is 16.6. The first-order chi connectivity index (χ1) is 13.6. The van der Waals surface area contributed by atoms with Crippen LogP contribution in [0, 0.1) is 0 Å². The number of anilines is 1. The van der Waals surface area contributed by atoms with E-state index >= 15 is 0 Å². The molecule has 2 aromatic rings. The van der Waals surface area contributed by atoms with Gasteiger partial charge in [-0.1, -0.05) is 43.7 Å². The van der Waals surface area contributed by atoms with Crippen LogP contribution in [-0.4, -0.2) is 43.2 Å². The third-order valence-corrected chi connectivity index (χ3v) is 5.72. The normalized spacial score (nSPS) is 17.1. The van der Waals surface area contributed by atoms with E-state index in [0.717, 1.165) is 44.7 Å². The van der Waals surface area contributed by atoms with Crippen molar-refractivity contribution >= 4 is 11.6 Å². The quantitative estimate of drug-likeness (QED) is 0.688. The van der Waals surface area contributed by atoms with Gasteiger partial charge in [0.2, 0.25) is 0 Å². The number of phenols is 1. The number of carbonyl (C=O) groups is 1. The van der Waals surface area contributed by atoms with E-state index in [2.05, 4.69) is 29.3 Å². The van der Waals surface area contributed by atoms with Crippen molar-refractivity contribution in [3.8, 4) is 5.75 Å². The van der Waals surface area contributed by atoms with Crippen molar-refractivity contribution in [1.29, 1.82) is 0 Å². The molecule has 1 fully saturated rings. The summed E-state index contributed by atoms with van der Waals surface area (Å²) in [5.41, 5.74) is 2.30. The number of nitrogens with one attached hydrogen (secondary N) is 2. The summed E-state index contributed by atoms with van der Waals surface area (Å²) in [6.45, 7) is 7.87. The van der Waals surface area contributed by atoms with Gasteiger partial charge in [-0.2, -0.15) is 0 Å². The molecule has 0 aliphatic carbocycles. The van der Waals surface area contributed by atoms with Crippen molar-refractivity contribution < 1.29 is 14.8 Å². The Morgan fingerprint density at radius 2 is 1.75 bits per heavy atom. The molecule has 1 aliphatic heterocycles. The maximum Gasteiger partial charge on any atom is 0.278 e. The van der Waals surface area contributed by atoms with Crippen LogP contribution < -0.4 is 15.1 Å². The molecule has 0 saturated carbocycles.